The van der Waals surface area contributed by atoms with Crippen molar-refractivity contribution in [3.05, 3.63) is 86.3 Å². The molecule has 1 unspecified atom stereocenters. The van der Waals surface area contributed by atoms with Crippen LogP contribution in [0.3, 0.4) is 0 Å². The number of alkyl halides is 3. The molecule has 1 aliphatic rings. The van der Waals surface area contributed by atoms with E-state index >= 15 is 0 Å². The summed E-state index contributed by atoms with van der Waals surface area (Å²) in [5.41, 5.74) is -2.75. The Morgan fingerprint density at radius 2 is 1.92 bits per heavy atom. The summed E-state index contributed by atoms with van der Waals surface area (Å²) in [5.74, 6) is 0.265. The first-order valence-corrected chi connectivity index (χ1v) is 11.7. The third-order valence-corrected chi connectivity index (χ3v) is 6.12. The zero-order valence-electron chi connectivity index (χ0n) is 20.3. The Morgan fingerprint density at radius 1 is 1.18 bits per heavy atom. The topological polar surface area (TPSA) is 127 Å². The van der Waals surface area contributed by atoms with E-state index in [1.807, 2.05) is 9.88 Å². The second kappa shape index (κ2) is 10.8. The van der Waals surface area contributed by atoms with Crippen molar-refractivity contribution in [2.75, 3.05) is 36.4 Å². The van der Waals surface area contributed by atoms with Crippen molar-refractivity contribution >= 4 is 17.4 Å². The summed E-state index contributed by atoms with van der Waals surface area (Å²) in [4.78, 5) is 47.2. The number of nitrogens with zero attached hydrogens (tertiary/aromatic N) is 5. The number of piperazine rings is 1. The Kier molecular flexibility index (Phi) is 7.52. The maximum Gasteiger partial charge on any atom is 0.423 e. The summed E-state index contributed by atoms with van der Waals surface area (Å²) in [7, 11) is 0. The number of hydrogen-bond donors (Lipinski definition) is 2. The van der Waals surface area contributed by atoms with E-state index in [0.29, 0.717) is 37.6 Å². The van der Waals surface area contributed by atoms with Crippen LogP contribution < -0.4 is 21.3 Å². The third-order valence-electron chi connectivity index (χ3n) is 6.12. The number of aromatic amines is 1. The molecule has 1 saturated heterocycles. The number of halogens is 3. The van der Waals surface area contributed by atoms with Crippen LogP contribution in [-0.2, 0) is 12.7 Å². The van der Waals surface area contributed by atoms with Gasteiger partial charge in [0.15, 0.2) is 0 Å². The van der Waals surface area contributed by atoms with Gasteiger partial charge in [-0.25, -0.2) is 4.98 Å². The zero-order chi connectivity index (χ0) is 27.4. The number of nitrogens with one attached hydrogen (secondary N) is 2. The number of pyridine rings is 3. The SMILES string of the molecule is CC(Cn1cc(C(=O)N2CCN(c3ncccc3C#N)CC2)ccc1=O)Nc1cc[nH]c(=O)c1C(F)(F)F. The smallest absolute Gasteiger partial charge is 0.380 e. The monoisotopic (exact) mass is 527 g/mol. The molecule has 4 rings (SSSR count). The second-order valence-electron chi connectivity index (χ2n) is 8.81. The highest BCUT2D eigenvalue weighted by molar-refractivity contribution is 5.94. The first-order chi connectivity index (χ1) is 18.1. The van der Waals surface area contributed by atoms with Crippen LogP contribution >= 0.6 is 0 Å². The molecule has 1 atom stereocenters. The molecule has 0 spiro atoms. The average molecular weight is 528 g/mol. The number of carbonyl (C=O) groups is 1. The Labute approximate surface area is 215 Å². The summed E-state index contributed by atoms with van der Waals surface area (Å²) >= 11 is 0. The summed E-state index contributed by atoms with van der Waals surface area (Å²) in [6.45, 7) is 3.20. The highest BCUT2D eigenvalue weighted by Crippen LogP contribution is 2.32. The van der Waals surface area contributed by atoms with Crippen molar-refractivity contribution < 1.29 is 18.0 Å². The van der Waals surface area contributed by atoms with Crippen LogP contribution in [0.15, 0.2) is 58.5 Å². The van der Waals surface area contributed by atoms with E-state index in [1.54, 1.807) is 30.2 Å². The van der Waals surface area contributed by atoms with Crippen molar-refractivity contribution in [1.82, 2.24) is 19.4 Å². The molecular formula is C25H24F3N7O3. The summed E-state index contributed by atoms with van der Waals surface area (Å²) in [6, 6.07) is 8.54. The van der Waals surface area contributed by atoms with Gasteiger partial charge in [-0.2, -0.15) is 18.4 Å². The molecular weight excluding hydrogens is 503 g/mol. The van der Waals surface area contributed by atoms with Gasteiger partial charge in [-0.05, 0) is 31.2 Å². The lowest BCUT2D eigenvalue weighted by Gasteiger charge is -2.35. The van der Waals surface area contributed by atoms with Crippen LogP contribution in [0, 0.1) is 11.3 Å². The van der Waals surface area contributed by atoms with Crippen LogP contribution in [0.4, 0.5) is 24.7 Å². The van der Waals surface area contributed by atoms with Gasteiger partial charge in [0.05, 0.1) is 16.8 Å². The Balaban J connectivity index is 1.45. The maximum atomic E-state index is 13.3. The molecule has 10 nitrogen and oxygen atoms in total. The number of amides is 1. The minimum atomic E-state index is -4.86. The number of nitriles is 1. The highest BCUT2D eigenvalue weighted by atomic mass is 19.4. The molecule has 1 amide bonds. The molecule has 2 N–H and O–H groups in total. The van der Waals surface area contributed by atoms with E-state index in [0.717, 1.165) is 12.3 Å². The zero-order valence-corrected chi connectivity index (χ0v) is 20.3. The second-order valence-corrected chi connectivity index (χ2v) is 8.81. The summed E-state index contributed by atoms with van der Waals surface area (Å²) in [6.07, 6.45) is -0.777. The Morgan fingerprint density at radius 3 is 2.61 bits per heavy atom. The molecule has 3 aromatic heterocycles. The van der Waals surface area contributed by atoms with Crippen LogP contribution in [0.1, 0.15) is 28.4 Å². The van der Waals surface area contributed by atoms with Crippen LogP contribution in [0.5, 0.6) is 0 Å². The fourth-order valence-corrected chi connectivity index (χ4v) is 4.33. The molecule has 0 aliphatic carbocycles. The van der Waals surface area contributed by atoms with Gasteiger partial charge >= 0.3 is 6.18 Å². The lowest BCUT2D eigenvalue weighted by Crippen LogP contribution is -2.49. The lowest BCUT2D eigenvalue weighted by molar-refractivity contribution is -0.138. The number of hydrogen-bond acceptors (Lipinski definition) is 7. The fraction of sp³-hybridized carbons (Fsp3) is 0.320. The predicted molar refractivity (Wildman–Crippen MR) is 133 cm³/mol. The molecule has 0 aromatic carbocycles. The largest absolute Gasteiger partial charge is 0.423 e. The average Bonchev–Trinajstić information content (AvgIpc) is 2.89. The molecule has 1 aliphatic heterocycles. The van der Waals surface area contributed by atoms with Crippen molar-refractivity contribution in [1.29, 1.82) is 5.26 Å². The molecule has 3 aromatic rings. The summed E-state index contributed by atoms with van der Waals surface area (Å²) < 4.78 is 41.3. The molecule has 198 valence electrons. The normalized spacial score (nSPS) is 14.6. The van der Waals surface area contributed by atoms with Gasteiger partial charge in [-0.3, -0.25) is 14.4 Å². The minimum absolute atomic E-state index is 0.0472. The standard InChI is InChI=1S/C25H24F3N7O3/c1-16(32-19-6-8-31-23(37)21(19)25(26,27)28)14-35-15-18(4-5-20(35)36)24(38)34-11-9-33(10-12-34)22-17(13-29)3-2-7-30-22/h2-8,15-16H,9-12,14H2,1H3,(H2,31,32,37). The highest BCUT2D eigenvalue weighted by Gasteiger charge is 2.37. The van der Waals surface area contributed by atoms with Crippen LogP contribution in [0.2, 0.25) is 0 Å². The first-order valence-electron chi connectivity index (χ1n) is 11.7. The van der Waals surface area contributed by atoms with Gasteiger partial charge in [0.2, 0.25) is 0 Å². The van der Waals surface area contributed by atoms with Gasteiger partial charge in [-0.1, -0.05) is 0 Å². The fourth-order valence-electron chi connectivity index (χ4n) is 4.33. The Bertz CT molecular complexity index is 1480. The number of aromatic nitrogens is 3. The molecule has 13 heteroatoms. The van der Waals surface area contributed by atoms with E-state index in [1.165, 1.54) is 22.9 Å². The van der Waals surface area contributed by atoms with Gasteiger partial charge in [0.25, 0.3) is 17.0 Å². The van der Waals surface area contributed by atoms with Crippen molar-refractivity contribution in [3.63, 3.8) is 0 Å². The number of anilines is 2. The molecule has 0 radical (unpaired) electrons. The minimum Gasteiger partial charge on any atom is -0.380 e. The quantitative estimate of drug-likeness (QED) is 0.504. The molecule has 0 saturated carbocycles. The van der Waals surface area contributed by atoms with E-state index in [9.17, 15) is 32.8 Å². The van der Waals surface area contributed by atoms with E-state index < -0.39 is 34.6 Å². The lowest BCUT2D eigenvalue weighted by atomic mass is 10.2. The van der Waals surface area contributed by atoms with Crippen molar-refractivity contribution in [2.24, 2.45) is 0 Å². The molecule has 4 heterocycles. The number of carbonyl (C=O) groups excluding carboxylic acids is 1. The van der Waals surface area contributed by atoms with Crippen LogP contribution in [0.25, 0.3) is 0 Å². The molecule has 1 fully saturated rings. The molecule has 0 bridgehead atoms. The summed E-state index contributed by atoms with van der Waals surface area (Å²) in [5, 5.41) is 12.0. The van der Waals surface area contributed by atoms with E-state index in [-0.39, 0.29) is 18.0 Å². The van der Waals surface area contributed by atoms with E-state index in [2.05, 4.69) is 16.4 Å². The van der Waals surface area contributed by atoms with Gasteiger partial charge in [0.1, 0.15) is 17.5 Å². The number of H-pyrrole nitrogens is 1. The van der Waals surface area contributed by atoms with Gasteiger partial charge in [0, 0.05) is 63.4 Å². The number of rotatable bonds is 6. The van der Waals surface area contributed by atoms with Gasteiger partial charge < -0.3 is 24.7 Å². The van der Waals surface area contributed by atoms with Crippen molar-refractivity contribution in [2.45, 2.75) is 25.7 Å². The first kappa shape index (κ1) is 26.5. The maximum absolute atomic E-state index is 13.3. The van der Waals surface area contributed by atoms with Crippen LogP contribution in [-0.4, -0.2) is 57.6 Å². The van der Waals surface area contributed by atoms with Crippen molar-refractivity contribution in [3.8, 4) is 6.07 Å². The van der Waals surface area contributed by atoms with Gasteiger partial charge in [-0.15, -0.1) is 0 Å². The predicted octanol–water partition coefficient (Wildman–Crippen LogP) is 2.29. The van der Waals surface area contributed by atoms with E-state index in [4.69, 9.17) is 0 Å². The molecule has 38 heavy (non-hydrogen) atoms. The Hall–Kier alpha value is -4.60. The third kappa shape index (κ3) is 5.69.